The van der Waals surface area contributed by atoms with E-state index < -0.39 is 17.7 Å². The van der Waals surface area contributed by atoms with Gasteiger partial charge >= 0.3 is 0 Å². The standard InChI is InChI=1S/C14H15F2NOS/c1-3-9-4-5-12(19-9)14(17)13-10(15)6-8(18-2)7-11(13)16/h4-7,14H,3,17H2,1-2H3. The summed E-state index contributed by atoms with van der Waals surface area (Å²) in [5.41, 5.74) is 5.85. The van der Waals surface area contributed by atoms with E-state index in [4.69, 9.17) is 10.5 Å². The number of halogens is 2. The molecule has 0 saturated carbocycles. The van der Waals surface area contributed by atoms with Crippen molar-refractivity contribution in [3.8, 4) is 5.75 Å². The summed E-state index contributed by atoms with van der Waals surface area (Å²) in [7, 11) is 1.36. The molecule has 2 nitrogen and oxygen atoms in total. The van der Waals surface area contributed by atoms with E-state index in [0.717, 1.165) is 28.3 Å². The van der Waals surface area contributed by atoms with Crippen LogP contribution >= 0.6 is 11.3 Å². The Kier molecular flexibility index (Phi) is 4.17. The van der Waals surface area contributed by atoms with Crippen molar-refractivity contribution in [2.45, 2.75) is 19.4 Å². The lowest BCUT2D eigenvalue weighted by molar-refractivity contribution is 0.404. The molecule has 2 N–H and O–H groups in total. The summed E-state index contributed by atoms with van der Waals surface area (Å²) in [6, 6.07) is 5.24. The maximum absolute atomic E-state index is 13.9. The van der Waals surface area contributed by atoms with Crippen molar-refractivity contribution in [3.05, 3.63) is 51.2 Å². The molecule has 1 aromatic carbocycles. The predicted octanol–water partition coefficient (Wildman–Crippen LogP) is 3.65. The summed E-state index contributed by atoms with van der Waals surface area (Å²) in [6.07, 6.45) is 0.880. The van der Waals surface area contributed by atoms with Gasteiger partial charge in [0.15, 0.2) is 0 Å². The molecular weight excluding hydrogens is 268 g/mol. The molecule has 2 aromatic rings. The summed E-state index contributed by atoms with van der Waals surface area (Å²) < 4.78 is 32.7. The van der Waals surface area contributed by atoms with Crippen LogP contribution in [0, 0.1) is 11.6 Å². The fourth-order valence-corrected chi connectivity index (χ4v) is 2.83. The van der Waals surface area contributed by atoms with Gasteiger partial charge in [0.1, 0.15) is 17.4 Å². The van der Waals surface area contributed by atoms with Gasteiger partial charge in [0.25, 0.3) is 0 Å². The van der Waals surface area contributed by atoms with Crippen LogP contribution in [-0.2, 0) is 6.42 Å². The number of methoxy groups -OCH3 is 1. The second kappa shape index (κ2) is 5.67. The number of rotatable bonds is 4. The summed E-state index contributed by atoms with van der Waals surface area (Å²) in [5.74, 6) is -1.22. The highest BCUT2D eigenvalue weighted by Gasteiger charge is 2.21. The molecule has 1 unspecified atom stereocenters. The van der Waals surface area contributed by atoms with Crippen LogP contribution in [0.5, 0.6) is 5.75 Å². The summed E-state index contributed by atoms with van der Waals surface area (Å²) in [4.78, 5) is 1.89. The second-order valence-electron chi connectivity index (χ2n) is 4.14. The molecular formula is C14H15F2NOS. The third kappa shape index (κ3) is 2.77. The lowest BCUT2D eigenvalue weighted by atomic mass is 10.0. The molecule has 0 amide bonds. The Hall–Kier alpha value is -1.46. The van der Waals surface area contributed by atoms with Crippen molar-refractivity contribution >= 4 is 11.3 Å². The van der Waals surface area contributed by atoms with Gasteiger partial charge in [0.2, 0.25) is 0 Å². The normalized spacial score (nSPS) is 12.5. The molecule has 2 rings (SSSR count). The molecule has 0 aliphatic carbocycles. The minimum Gasteiger partial charge on any atom is -0.497 e. The fourth-order valence-electron chi connectivity index (χ4n) is 1.87. The third-order valence-electron chi connectivity index (χ3n) is 2.94. The van der Waals surface area contributed by atoms with E-state index in [1.54, 1.807) is 0 Å². The van der Waals surface area contributed by atoms with Gasteiger partial charge in [-0.1, -0.05) is 6.92 Å². The van der Waals surface area contributed by atoms with Gasteiger partial charge < -0.3 is 10.5 Å². The highest BCUT2D eigenvalue weighted by Crippen LogP contribution is 2.31. The first kappa shape index (κ1) is 14.0. The largest absolute Gasteiger partial charge is 0.497 e. The maximum atomic E-state index is 13.9. The number of aryl methyl sites for hydroxylation is 1. The van der Waals surface area contributed by atoms with Crippen LogP contribution in [0.4, 0.5) is 8.78 Å². The van der Waals surface area contributed by atoms with Gasteiger partial charge in [-0.15, -0.1) is 11.3 Å². The average Bonchev–Trinajstić information content (AvgIpc) is 2.86. The van der Waals surface area contributed by atoms with Crippen molar-refractivity contribution in [1.29, 1.82) is 0 Å². The lowest BCUT2D eigenvalue weighted by Gasteiger charge is -2.13. The van der Waals surface area contributed by atoms with Crippen LogP contribution < -0.4 is 10.5 Å². The van der Waals surface area contributed by atoms with Gasteiger partial charge in [0, 0.05) is 27.5 Å². The molecule has 102 valence electrons. The summed E-state index contributed by atoms with van der Waals surface area (Å²) >= 11 is 1.47. The first-order valence-corrected chi connectivity index (χ1v) is 6.75. The Morgan fingerprint density at radius 3 is 2.37 bits per heavy atom. The van der Waals surface area contributed by atoms with Crippen molar-refractivity contribution in [3.63, 3.8) is 0 Å². The Morgan fingerprint density at radius 2 is 1.89 bits per heavy atom. The van der Waals surface area contributed by atoms with E-state index in [1.165, 1.54) is 18.4 Å². The molecule has 1 aromatic heterocycles. The van der Waals surface area contributed by atoms with E-state index in [1.807, 2.05) is 19.1 Å². The van der Waals surface area contributed by atoms with Crippen LogP contribution in [-0.4, -0.2) is 7.11 Å². The monoisotopic (exact) mass is 283 g/mol. The highest BCUT2D eigenvalue weighted by molar-refractivity contribution is 7.12. The van der Waals surface area contributed by atoms with E-state index >= 15 is 0 Å². The molecule has 0 spiro atoms. The second-order valence-corrected chi connectivity index (χ2v) is 5.34. The Morgan fingerprint density at radius 1 is 1.26 bits per heavy atom. The molecule has 19 heavy (non-hydrogen) atoms. The molecule has 0 bridgehead atoms. The van der Waals surface area contributed by atoms with E-state index in [-0.39, 0.29) is 11.3 Å². The van der Waals surface area contributed by atoms with Gasteiger partial charge in [-0.2, -0.15) is 0 Å². The quantitative estimate of drug-likeness (QED) is 0.929. The summed E-state index contributed by atoms with van der Waals surface area (Å²) in [6.45, 7) is 2.02. The number of ether oxygens (including phenoxy) is 1. The SMILES string of the molecule is CCc1ccc(C(N)c2c(F)cc(OC)cc2F)s1. The molecule has 0 aliphatic heterocycles. The van der Waals surface area contributed by atoms with Crippen LogP contribution in [0.1, 0.15) is 28.3 Å². The minimum atomic E-state index is -0.795. The molecule has 0 radical (unpaired) electrons. The number of thiophene rings is 1. The zero-order chi connectivity index (χ0) is 14.0. The predicted molar refractivity (Wildman–Crippen MR) is 72.6 cm³/mol. The van der Waals surface area contributed by atoms with Gasteiger partial charge in [-0.25, -0.2) is 8.78 Å². The topological polar surface area (TPSA) is 35.2 Å². The Bertz CT molecular complexity index is 560. The zero-order valence-electron chi connectivity index (χ0n) is 10.7. The molecule has 1 heterocycles. The zero-order valence-corrected chi connectivity index (χ0v) is 11.6. The Balaban J connectivity index is 2.40. The van der Waals surface area contributed by atoms with Crippen LogP contribution in [0.2, 0.25) is 0 Å². The van der Waals surface area contributed by atoms with Crippen LogP contribution in [0.25, 0.3) is 0 Å². The number of hydrogen-bond donors (Lipinski definition) is 1. The molecule has 5 heteroatoms. The molecule has 0 fully saturated rings. The van der Waals surface area contributed by atoms with Gasteiger partial charge in [-0.3, -0.25) is 0 Å². The van der Waals surface area contributed by atoms with Crippen molar-refractivity contribution in [2.75, 3.05) is 7.11 Å². The first-order valence-electron chi connectivity index (χ1n) is 5.94. The fraction of sp³-hybridized carbons (Fsp3) is 0.286. The van der Waals surface area contributed by atoms with Crippen molar-refractivity contribution < 1.29 is 13.5 Å². The number of benzene rings is 1. The lowest BCUT2D eigenvalue weighted by Crippen LogP contribution is -2.14. The van der Waals surface area contributed by atoms with Crippen LogP contribution in [0.3, 0.4) is 0 Å². The van der Waals surface area contributed by atoms with Gasteiger partial charge in [0.05, 0.1) is 13.2 Å². The van der Waals surface area contributed by atoms with Crippen molar-refractivity contribution in [2.24, 2.45) is 5.73 Å². The molecule has 0 aliphatic rings. The molecule has 1 atom stereocenters. The van der Waals surface area contributed by atoms with E-state index in [0.29, 0.717) is 0 Å². The number of nitrogens with two attached hydrogens (primary N) is 1. The maximum Gasteiger partial charge on any atom is 0.134 e. The summed E-state index contributed by atoms with van der Waals surface area (Å²) in [5, 5.41) is 0. The van der Waals surface area contributed by atoms with Gasteiger partial charge in [-0.05, 0) is 18.6 Å². The average molecular weight is 283 g/mol. The molecule has 0 saturated heterocycles. The van der Waals surface area contributed by atoms with E-state index in [9.17, 15) is 8.78 Å². The third-order valence-corrected chi connectivity index (χ3v) is 4.25. The van der Waals surface area contributed by atoms with E-state index in [2.05, 4.69) is 0 Å². The minimum absolute atomic E-state index is 0.120. The smallest absolute Gasteiger partial charge is 0.134 e. The first-order chi connectivity index (χ1) is 9.06. The van der Waals surface area contributed by atoms with Crippen LogP contribution in [0.15, 0.2) is 24.3 Å². The Labute approximate surface area is 114 Å². The number of hydrogen-bond acceptors (Lipinski definition) is 3. The van der Waals surface area contributed by atoms with Crippen molar-refractivity contribution in [1.82, 2.24) is 0 Å². The highest BCUT2D eigenvalue weighted by atomic mass is 32.1.